The van der Waals surface area contributed by atoms with E-state index in [1.807, 2.05) is 12.2 Å². The molecule has 0 aliphatic heterocycles. The van der Waals surface area contributed by atoms with Crippen molar-refractivity contribution < 1.29 is 4.42 Å². The molecular weight excluding hydrogens is 979 g/mol. The lowest BCUT2D eigenvalue weighted by Gasteiger charge is -2.34. The van der Waals surface area contributed by atoms with Crippen molar-refractivity contribution in [2.75, 3.05) is 4.90 Å². The number of aryl methyl sites for hydroxylation is 4. The summed E-state index contributed by atoms with van der Waals surface area (Å²) in [6.45, 7) is 7.86. The molecule has 0 saturated heterocycles. The zero-order valence-corrected chi connectivity index (χ0v) is 45.9. The second-order valence-electron chi connectivity index (χ2n) is 21.8. The average molecular weight is 1040 g/mol. The van der Waals surface area contributed by atoms with Gasteiger partial charge in [0, 0.05) is 27.7 Å². The summed E-state index contributed by atoms with van der Waals surface area (Å²) in [6.07, 6.45) is 12.6. The fourth-order valence-electron chi connectivity index (χ4n) is 12.7. The van der Waals surface area contributed by atoms with Crippen LogP contribution >= 0.6 is 0 Å². The minimum Gasteiger partial charge on any atom is -0.453 e. The molecule has 1 aliphatic carbocycles. The van der Waals surface area contributed by atoms with E-state index in [0.29, 0.717) is 0 Å². The standard InChI is InChI=1S/C79H65NO/c1-3-56-33-37-58(38-34-56)19-11-13-21-60-41-47-65(48-42-60)79(66-49-43-61(44-50-66)22-14-12-20-59-39-35-57(4-2)36-40-59)74-31-16-15-27-70(74)73-55-68(53-54-75(73)79)80(67-51-45-63(46-52-67)62-23-7-5-8-24-62)76-32-18-30-72-71-29-17-28-69(77(71)81-78(72)76)64-25-9-6-10-26-64/h3-10,15-18,23-55H,1-2,11-14,19-22H2. The molecule has 81 heavy (non-hydrogen) atoms. The van der Waals surface area contributed by atoms with Gasteiger partial charge in [-0.15, -0.1) is 0 Å². The molecule has 2 nitrogen and oxygen atoms in total. The fraction of sp³-hybridized carbons (Fsp3) is 0.114. The molecule has 1 aliphatic rings. The van der Waals surface area contributed by atoms with Gasteiger partial charge >= 0.3 is 0 Å². The van der Waals surface area contributed by atoms with Crippen LogP contribution in [0.25, 0.3) is 67.5 Å². The Bertz CT molecular complexity index is 4050. The highest BCUT2D eigenvalue weighted by molar-refractivity contribution is 6.13. The summed E-state index contributed by atoms with van der Waals surface area (Å²) in [5.74, 6) is 0. The summed E-state index contributed by atoms with van der Waals surface area (Å²) in [5.41, 5.74) is 24.3. The van der Waals surface area contributed by atoms with E-state index in [4.69, 9.17) is 4.42 Å². The van der Waals surface area contributed by atoms with Gasteiger partial charge in [-0.2, -0.15) is 0 Å². The zero-order chi connectivity index (χ0) is 54.5. The number of rotatable bonds is 19. The van der Waals surface area contributed by atoms with Gasteiger partial charge in [0.2, 0.25) is 0 Å². The zero-order valence-electron chi connectivity index (χ0n) is 45.9. The van der Waals surface area contributed by atoms with Crippen LogP contribution in [0.3, 0.4) is 0 Å². The highest BCUT2D eigenvalue weighted by Crippen LogP contribution is 2.57. The van der Waals surface area contributed by atoms with Crippen molar-refractivity contribution in [3.8, 4) is 33.4 Å². The molecule has 2 heteroatoms. The highest BCUT2D eigenvalue weighted by atomic mass is 16.3. The molecule has 0 amide bonds. The summed E-state index contributed by atoms with van der Waals surface area (Å²) in [6, 6.07) is 96.6. The number of hydrogen-bond acceptors (Lipinski definition) is 2. The molecule has 0 radical (unpaired) electrons. The first-order valence-corrected chi connectivity index (χ1v) is 28.9. The van der Waals surface area contributed by atoms with E-state index >= 15 is 0 Å². The summed E-state index contributed by atoms with van der Waals surface area (Å²) in [4.78, 5) is 2.40. The Morgan fingerprint density at radius 2 is 0.790 bits per heavy atom. The van der Waals surface area contributed by atoms with Gasteiger partial charge in [0.1, 0.15) is 5.58 Å². The van der Waals surface area contributed by atoms with Gasteiger partial charge in [-0.3, -0.25) is 0 Å². The molecule has 0 spiro atoms. The Kier molecular flexibility index (Phi) is 14.3. The lowest BCUT2D eigenvalue weighted by Crippen LogP contribution is -2.28. The molecule has 1 heterocycles. The van der Waals surface area contributed by atoms with Gasteiger partial charge in [-0.05, 0) is 165 Å². The Morgan fingerprint density at radius 1 is 0.346 bits per heavy atom. The molecule has 13 rings (SSSR count). The Hall–Kier alpha value is -9.50. The van der Waals surface area contributed by atoms with Crippen LogP contribution in [0.5, 0.6) is 0 Å². The quantitative estimate of drug-likeness (QED) is 0.0751. The third-order valence-electron chi connectivity index (χ3n) is 16.9. The Morgan fingerprint density at radius 3 is 1.35 bits per heavy atom. The number of anilines is 3. The number of benzene rings is 11. The second-order valence-corrected chi connectivity index (χ2v) is 21.8. The lowest BCUT2D eigenvalue weighted by atomic mass is 9.67. The maximum atomic E-state index is 7.17. The first-order valence-electron chi connectivity index (χ1n) is 28.9. The van der Waals surface area contributed by atoms with Crippen molar-refractivity contribution >= 4 is 51.2 Å². The Labute approximate surface area is 477 Å². The number of unbranched alkanes of at least 4 members (excludes halogenated alkanes) is 2. The van der Waals surface area contributed by atoms with Gasteiger partial charge in [-0.1, -0.05) is 256 Å². The number of para-hydroxylation sites is 2. The number of hydrogen-bond donors (Lipinski definition) is 0. The van der Waals surface area contributed by atoms with Gasteiger partial charge in [0.05, 0.1) is 11.1 Å². The van der Waals surface area contributed by atoms with Gasteiger partial charge in [-0.25, -0.2) is 0 Å². The molecule has 0 N–H and O–H groups in total. The van der Waals surface area contributed by atoms with Crippen LogP contribution in [0, 0.1) is 0 Å². The van der Waals surface area contributed by atoms with E-state index in [-0.39, 0.29) is 0 Å². The minimum absolute atomic E-state index is 0.564. The Balaban J connectivity index is 0.906. The topological polar surface area (TPSA) is 16.4 Å². The summed E-state index contributed by atoms with van der Waals surface area (Å²) in [5, 5.41) is 2.18. The molecule has 12 aromatic rings. The summed E-state index contributed by atoms with van der Waals surface area (Å²) >= 11 is 0. The average Bonchev–Trinajstić information content (AvgIpc) is 4.27. The SMILES string of the molecule is C=Cc1ccc(CCCCc2ccc(C3(c4ccc(CCCCc5ccc(C=C)cc5)cc4)c4ccccc4-c4cc(N(c5ccc(-c6ccccc6)cc5)c5cccc6c5oc5c(-c7ccccc7)cccc56)ccc43)cc2)cc1. The molecule has 0 atom stereocenters. The van der Waals surface area contributed by atoms with Gasteiger partial charge in [0.25, 0.3) is 0 Å². The number of fused-ring (bicyclic) bond motifs is 6. The third kappa shape index (κ3) is 9.93. The van der Waals surface area contributed by atoms with E-state index in [0.717, 1.165) is 101 Å². The number of furan rings is 1. The first kappa shape index (κ1) is 51.0. The van der Waals surface area contributed by atoms with E-state index in [9.17, 15) is 0 Å². The summed E-state index contributed by atoms with van der Waals surface area (Å²) in [7, 11) is 0. The van der Waals surface area contributed by atoms with Crippen molar-refractivity contribution in [2.24, 2.45) is 0 Å². The van der Waals surface area contributed by atoms with Crippen LogP contribution in [0.15, 0.2) is 278 Å². The fourth-order valence-corrected chi connectivity index (χ4v) is 12.7. The number of nitrogens with zero attached hydrogens (tertiary/aromatic N) is 1. The van der Waals surface area contributed by atoms with Crippen molar-refractivity contribution in [3.05, 3.63) is 330 Å². The smallest absolute Gasteiger partial charge is 0.159 e. The van der Waals surface area contributed by atoms with Crippen molar-refractivity contribution in [3.63, 3.8) is 0 Å². The van der Waals surface area contributed by atoms with E-state index in [1.165, 1.54) is 77.9 Å². The third-order valence-corrected chi connectivity index (χ3v) is 16.9. The van der Waals surface area contributed by atoms with Crippen LogP contribution in [0.1, 0.15) is 81.3 Å². The molecule has 0 fully saturated rings. The van der Waals surface area contributed by atoms with Crippen molar-refractivity contribution in [1.29, 1.82) is 0 Å². The van der Waals surface area contributed by atoms with Crippen LogP contribution in [0.4, 0.5) is 17.1 Å². The molecule has 1 aromatic heterocycles. The molecule has 0 unspecified atom stereocenters. The predicted molar refractivity (Wildman–Crippen MR) is 343 cm³/mol. The van der Waals surface area contributed by atoms with Crippen molar-refractivity contribution in [1.82, 2.24) is 0 Å². The minimum atomic E-state index is -0.564. The molecule has 392 valence electrons. The van der Waals surface area contributed by atoms with Crippen LogP contribution in [0.2, 0.25) is 0 Å². The van der Waals surface area contributed by atoms with E-state index in [2.05, 4.69) is 279 Å². The van der Waals surface area contributed by atoms with Crippen LogP contribution in [-0.2, 0) is 31.1 Å². The van der Waals surface area contributed by atoms with E-state index < -0.39 is 5.41 Å². The molecule has 11 aromatic carbocycles. The van der Waals surface area contributed by atoms with Gasteiger partial charge in [0.15, 0.2) is 5.58 Å². The van der Waals surface area contributed by atoms with E-state index in [1.54, 1.807) is 0 Å². The van der Waals surface area contributed by atoms with Crippen molar-refractivity contribution in [2.45, 2.75) is 56.8 Å². The normalized spacial score (nSPS) is 12.3. The van der Waals surface area contributed by atoms with Gasteiger partial charge < -0.3 is 9.32 Å². The monoisotopic (exact) mass is 1040 g/mol. The van der Waals surface area contributed by atoms with Crippen LogP contribution in [-0.4, -0.2) is 0 Å². The largest absolute Gasteiger partial charge is 0.453 e. The van der Waals surface area contributed by atoms with Crippen LogP contribution < -0.4 is 4.90 Å². The lowest BCUT2D eigenvalue weighted by molar-refractivity contribution is 0.670. The first-order chi connectivity index (χ1) is 40.0. The maximum absolute atomic E-state index is 7.17. The maximum Gasteiger partial charge on any atom is 0.159 e. The molecule has 0 saturated carbocycles. The second kappa shape index (κ2) is 22.7. The predicted octanol–water partition coefficient (Wildman–Crippen LogP) is 21.2. The summed E-state index contributed by atoms with van der Waals surface area (Å²) < 4.78 is 7.17. The molecular formula is C79H65NO. The highest BCUT2D eigenvalue weighted by Gasteiger charge is 2.46. The molecule has 0 bridgehead atoms.